The van der Waals surface area contributed by atoms with Crippen LogP contribution in [-0.2, 0) is 6.42 Å². The van der Waals surface area contributed by atoms with Gasteiger partial charge in [0.25, 0.3) is 0 Å². The normalized spacial score (nSPS) is 13.5. The van der Waals surface area contributed by atoms with E-state index in [1.807, 2.05) is 43.4 Å². The molecule has 0 N–H and O–H groups in total. The molecular weight excluding hydrogens is 571 g/mol. The highest BCUT2D eigenvalue weighted by Crippen LogP contribution is 2.53. The fraction of sp³-hybridized carbons (Fsp3) is 0.111. The number of benzene rings is 3. The van der Waals surface area contributed by atoms with E-state index in [2.05, 4.69) is 132 Å². The van der Waals surface area contributed by atoms with E-state index in [-0.39, 0.29) is 0 Å². The molecule has 0 aliphatic rings. The maximum absolute atomic E-state index is 5.39. The Balaban J connectivity index is 2.12. The van der Waals surface area contributed by atoms with Crippen LogP contribution in [0.25, 0.3) is 27.1 Å². The average molecular weight is 617 g/mol. The van der Waals surface area contributed by atoms with E-state index in [0.717, 1.165) is 34.0 Å². The Morgan fingerprint density at radius 1 is 0.891 bits per heavy atom. The van der Waals surface area contributed by atoms with Crippen molar-refractivity contribution in [3.8, 4) is 12.3 Å². The third-order valence-electron chi connectivity index (χ3n) is 7.91. The summed E-state index contributed by atoms with van der Waals surface area (Å²) >= 11 is 0. The second-order valence-electron chi connectivity index (χ2n) is 10.9. The average Bonchev–Trinajstić information content (AvgIpc) is 3.06. The second-order valence-corrected chi connectivity index (χ2v) is 13.3. The molecule has 1 heteroatoms. The van der Waals surface area contributed by atoms with Crippen molar-refractivity contribution in [3.63, 3.8) is 0 Å². The molecule has 0 heterocycles. The van der Waals surface area contributed by atoms with Crippen LogP contribution in [0.5, 0.6) is 0 Å². The van der Waals surface area contributed by atoms with Gasteiger partial charge in [-0.3, -0.25) is 0 Å². The van der Waals surface area contributed by atoms with Crippen molar-refractivity contribution < 1.29 is 0 Å². The zero-order valence-electron chi connectivity index (χ0n) is 27.8. The van der Waals surface area contributed by atoms with Crippen molar-refractivity contribution in [2.75, 3.05) is 0 Å². The van der Waals surface area contributed by atoms with Crippen LogP contribution in [0.4, 0.5) is 0 Å². The lowest BCUT2D eigenvalue weighted by Crippen LogP contribution is -1.98. The molecule has 3 aromatic rings. The summed E-state index contributed by atoms with van der Waals surface area (Å²) in [7, 11) is -0.706. The lowest BCUT2D eigenvalue weighted by atomic mass is 9.84. The summed E-state index contributed by atoms with van der Waals surface area (Å²) in [4.78, 5) is 0. The number of allylic oxidation sites excluding steroid dienone is 18. The number of terminal acetylenes is 1. The summed E-state index contributed by atoms with van der Waals surface area (Å²) in [6.45, 7) is 29.8. The SMILES string of the molecule is C#C/C=C\C=C/Cc1c2ccccc2c(/C(C=C)=C/C(=C)C(=C)/C=C\C(=C)P(/C=C/C=C)/C(C)=C/C=C\C)c2ccc(C)c(C)c12. The Hall–Kier alpha value is -4.95. The predicted molar refractivity (Wildman–Crippen MR) is 211 cm³/mol. The van der Waals surface area contributed by atoms with Crippen molar-refractivity contribution in [1.82, 2.24) is 0 Å². The molecule has 3 rings (SSSR count). The van der Waals surface area contributed by atoms with E-state index in [0.29, 0.717) is 0 Å². The van der Waals surface area contributed by atoms with Gasteiger partial charge in [0.1, 0.15) is 0 Å². The van der Waals surface area contributed by atoms with Gasteiger partial charge in [-0.25, -0.2) is 0 Å². The third kappa shape index (κ3) is 8.61. The highest BCUT2D eigenvalue weighted by atomic mass is 31.1. The Morgan fingerprint density at radius 2 is 1.63 bits per heavy atom. The predicted octanol–water partition coefficient (Wildman–Crippen LogP) is 13.3. The van der Waals surface area contributed by atoms with Crippen LogP contribution in [0.2, 0.25) is 0 Å². The van der Waals surface area contributed by atoms with Crippen LogP contribution in [-0.4, -0.2) is 0 Å². The molecule has 0 saturated carbocycles. The molecule has 0 spiro atoms. The smallest absolute Gasteiger partial charge is 0.00265 e. The van der Waals surface area contributed by atoms with Gasteiger partial charge in [-0.1, -0.05) is 148 Å². The number of hydrogen-bond acceptors (Lipinski definition) is 0. The van der Waals surface area contributed by atoms with Crippen molar-refractivity contribution in [3.05, 3.63) is 198 Å². The molecule has 230 valence electrons. The minimum atomic E-state index is -0.706. The number of fused-ring (bicyclic) bond motifs is 2. The standard InChI is InChI=1S/C45H45P/c1-11-15-18-19-20-25-41-40-24-21-22-26-42(40)45(43-30-28-34(6)38(10)44(41)43)39(14-4)32-35(7)33(5)27-29-37(9)46(31-17-13-3)36(8)23-16-12-2/h1,12-24,26-32H,3-5,7,9,25H2,2,6,8,10H3/b16-12-,18-15-,20-19-,29-27-,31-17+,36-23+,39-32+. The van der Waals surface area contributed by atoms with Crippen molar-refractivity contribution >= 4 is 35.0 Å². The molecule has 0 aliphatic heterocycles. The van der Waals surface area contributed by atoms with Crippen LogP contribution < -0.4 is 0 Å². The van der Waals surface area contributed by atoms with E-state index < -0.39 is 7.92 Å². The molecule has 1 atom stereocenters. The monoisotopic (exact) mass is 616 g/mol. The zero-order chi connectivity index (χ0) is 33.6. The number of aryl methyl sites for hydroxylation is 2. The van der Waals surface area contributed by atoms with Gasteiger partial charge < -0.3 is 0 Å². The van der Waals surface area contributed by atoms with E-state index in [4.69, 9.17) is 6.42 Å². The van der Waals surface area contributed by atoms with Gasteiger partial charge in [0.2, 0.25) is 0 Å². The van der Waals surface area contributed by atoms with Gasteiger partial charge in [-0.15, -0.1) is 6.42 Å². The summed E-state index contributed by atoms with van der Waals surface area (Å²) in [5, 5.41) is 7.15. The minimum absolute atomic E-state index is 0.706. The summed E-state index contributed by atoms with van der Waals surface area (Å²) in [6, 6.07) is 13.1. The molecule has 0 fully saturated rings. The first-order valence-corrected chi connectivity index (χ1v) is 16.8. The molecule has 0 nitrogen and oxygen atoms in total. The second kappa shape index (κ2) is 17.5. The van der Waals surface area contributed by atoms with Gasteiger partial charge >= 0.3 is 0 Å². The van der Waals surface area contributed by atoms with Crippen LogP contribution in [0.1, 0.15) is 36.1 Å². The summed E-state index contributed by atoms with van der Waals surface area (Å²) in [5.41, 5.74) is 7.63. The first-order valence-electron chi connectivity index (χ1n) is 15.4. The zero-order valence-corrected chi connectivity index (χ0v) is 28.7. The van der Waals surface area contributed by atoms with Gasteiger partial charge in [0.15, 0.2) is 0 Å². The van der Waals surface area contributed by atoms with E-state index in [1.54, 1.807) is 12.2 Å². The van der Waals surface area contributed by atoms with E-state index >= 15 is 0 Å². The third-order valence-corrected chi connectivity index (χ3v) is 10.1. The highest BCUT2D eigenvalue weighted by molar-refractivity contribution is 7.69. The molecule has 0 aromatic heterocycles. The first-order chi connectivity index (χ1) is 22.2. The Labute approximate surface area is 278 Å². The van der Waals surface area contributed by atoms with E-state index in [1.165, 1.54) is 43.5 Å². The van der Waals surface area contributed by atoms with Crippen LogP contribution in [0.15, 0.2) is 176 Å². The Morgan fingerprint density at radius 3 is 2.30 bits per heavy atom. The van der Waals surface area contributed by atoms with Gasteiger partial charge in [-0.2, -0.15) is 0 Å². The Bertz CT molecular complexity index is 1930. The highest BCUT2D eigenvalue weighted by Gasteiger charge is 2.17. The maximum Gasteiger partial charge on any atom is -0.00265 e. The molecule has 0 saturated heterocycles. The van der Waals surface area contributed by atoms with Gasteiger partial charge in [-0.05, 0) is 125 Å². The first kappa shape index (κ1) is 35.5. The fourth-order valence-electron chi connectivity index (χ4n) is 5.36. The summed E-state index contributed by atoms with van der Waals surface area (Å²) < 4.78 is 0. The van der Waals surface area contributed by atoms with Crippen LogP contribution in [0.3, 0.4) is 0 Å². The van der Waals surface area contributed by atoms with Crippen molar-refractivity contribution in [1.29, 1.82) is 0 Å². The van der Waals surface area contributed by atoms with E-state index in [9.17, 15) is 0 Å². The topological polar surface area (TPSA) is 0 Å². The molecular formula is C45H45P. The summed E-state index contributed by atoms with van der Waals surface area (Å²) in [6.07, 6.45) is 32.1. The van der Waals surface area contributed by atoms with Crippen LogP contribution in [0, 0.1) is 26.2 Å². The number of hydrogen-bond donors (Lipinski definition) is 0. The van der Waals surface area contributed by atoms with Crippen molar-refractivity contribution in [2.24, 2.45) is 0 Å². The molecule has 1 unspecified atom stereocenters. The number of rotatable bonds is 14. The fourth-order valence-corrected chi connectivity index (χ4v) is 7.01. The molecule has 0 bridgehead atoms. The summed E-state index contributed by atoms with van der Waals surface area (Å²) in [5.74, 6) is 4.72. The molecule has 0 amide bonds. The van der Waals surface area contributed by atoms with Crippen LogP contribution >= 0.6 is 7.92 Å². The largest absolute Gasteiger partial charge is 0.115 e. The maximum atomic E-state index is 5.39. The molecule has 0 aliphatic carbocycles. The Kier molecular flexibility index (Phi) is 13.5. The lowest BCUT2D eigenvalue weighted by Gasteiger charge is -2.20. The minimum Gasteiger partial charge on any atom is -0.115 e. The molecule has 3 aromatic carbocycles. The lowest BCUT2D eigenvalue weighted by molar-refractivity contribution is 1.30. The van der Waals surface area contributed by atoms with Crippen molar-refractivity contribution in [2.45, 2.75) is 34.1 Å². The quantitative estimate of drug-likeness (QED) is 0.0731. The molecule has 0 radical (unpaired) electrons. The molecule has 46 heavy (non-hydrogen) atoms. The van der Waals surface area contributed by atoms with Gasteiger partial charge in [0, 0.05) is 0 Å². The van der Waals surface area contributed by atoms with Gasteiger partial charge in [0.05, 0.1) is 0 Å².